The number of fused-ring (bicyclic) bond motifs is 9. The fraction of sp³-hybridized carbons (Fsp3) is 0.458. The molecule has 5 heterocycles. The van der Waals surface area contributed by atoms with E-state index in [0.717, 1.165) is 84.0 Å². The van der Waals surface area contributed by atoms with Crippen LogP contribution in [0.3, 0.4) is 0 Å². The Labute approximate surface area is 336 Å². The summed E-state index contributed by atoms with van der Waals surface area (Å²) in [6.07, 6.45) is 13.3. The number of methoxy groups -OCH3 is 1. The Morgan fingerprint density at radius 2 is 1.93 bits per heavy atom. The molecule has 4 aromatic rings. The van der Waals surface area contributed by atoms with Gasteiger partial charge < -0.3 is 39.0 Å². The van der Waals surface area contributed by atoms with Gasteiger partial charge in [-0.1, -0.05) is 55.2 Å². The number of hydrogen-bond acceptors (Lipinski definition) is 8. The van der Waals surface area contributed by atoms with Gasteiger partial charge in [-0.05, 0) is 116 Å². The Hall–Kier alpha value is -4.56. The minimum Gasteiger partial charge on any atom is -0.504 e. The molecule has 5 aliphatic rings. The molecule has 1 aromatic heterocycles. The molecule has 298 valence electrons. The van der Waals surface area contributed by atoms with Crippen molar-refractivity contribution in [3.8, 4) is 23.3 Å². The predicted octanol–water partition coefficient (Wildman–Crippen LogP) is 7.32. The second-order valence-corrected chi connectivity index (χ2v) is 16.7. The van der Waals surface area contributed by atoms with E-state index in [0.29, 0.717) is 50.9 Å². The summed E-state index contributed by atoms with van der Waals surface area (Å²) in [5.41, 5.74) is 7.88. The number of benzene rings is 3. The normalized spacial score (nSPS) is 27.7. The van der Waals surface area contributed by atoms with E-state index < -0.39 is 6.10 Å². The number of aromatic hydroxyl groups is 1. The Kier molecular flexibility index (Phi) is 10.9. The zero-order valence-corrected chi connectivity index (χ0v) is 33.2. The number of rotatable bonds is 4. The number of nitrogens with zero attached hydrogens (tertiary/aromatic N) is 1. The maximum atomic E-state index is 11.4. The molecular weight excluding hydrogens is 715 g/mol. The lowest BCUT2D eigenvalue weighted by Crippen LogP contribution is -2.47. The summed E-state index contributed by atoms with van der Waals surface area (Å²) in [5, 5.41) is 31.8. The van der Waals surface area contributed by atoms with Crippen molar-refractivity contribution in [1.29, 1.82) is 0 Å². The lowest BCUT2D eigenvalue weighted by atomic mass is 9.57. The fourth-order valence-corrected chi connectivity index (χ4v) is 9.95. The van der Waals surface area contributed by atoms with Gasteiger partial charge >= 0.3 is 0 Å². The maximum Gasteiger partial charge on any atom is 0.161 e. The summed E-state index contributed by atoms with van der Waals surface area (Å²) in [7, 11) is 1.68. The molecule has 6 unspecified atom stereocenters. The summed E-state index contributed by atoms with van der Waals surface area (Å²) in [6.45, 7) is 4.62. The minimum absolute atomic E-state index is 0.104. The van der Waals surface area contributed by atoms with Gasteiger partial charge in [0.05, 0.1) is 32.2 Å². The number of aryl methyl sites for hydroxylation is 2. The SMILES string of the molecule is COCNC1C=C2C#CC(C)CCCC3CC(O)CCc4ccc(O)c(c4)OCc4cc(C56CCOCC5CCc5ccccc56)cc5cn(cc45)C(=C2CO3)N1. The smallest absolute Gasteiger partial charge is 0.161 e. The van der Waals surface area contributed by atoms with Crippen LogP contribution in [0.25, 0.3) is 16.6 Å². The summed E-state index contributed by atoms with van der Waals surface area (Å²) in [5.74, 6) is 9.13. The van der Waals surface area contributed by atoms with Crippen LogP contribution in [-0.4, -0.2) is 66.8 Å². The van der Waals surface area contributed by atoms with E-state index in [-0.39, 0.29) is 36.0 Å². The molecule has 0 saturated carbocycles. The van der Waals surface area contributed by atoms with Crippen LogP contribution in [0.2, 0.25) is 0 Å². The first-order chi connectivity index (χ1) is 27.9. The highest BCUT2D eigenvalue weighted by Gasteiger charge is 2.47. The van der Waals surface area contributed by atoms with Gasteiger partial charge in [0.1, 0.15) is 18.6 Å². The molecule has 4 N–H and O–H groups in total. The average Bonchev–Trinajstić information content (AvgIpc) is 3.66. The molecule has 6 atom stereocenters. The molecule has 0 amide bonds. The number of hydrogen-bond donors (Lipinski definition) is 4. The Morgan fingerprint density at radius 3 is 2.84 bits per heavy atom. The topological polar surface area (TPSA) is 106 Å². The van der Waals surface area contributed by atoms with Gasteiger partial charge in [-0.15, -0.1) is 0 Å². The van der Waals surface area contributed by atoms with Crippen LogP contribution in [0.15, 0.2) is 84.2 Å². The maximum absolute atomic E-state index is 11.4. The van der Waals surface area contributed by atoms with Gasteiger partial charge in [-0.2, -0.15) is 0 Å². The third-order valence-electron chi connectivity index (χ3n) is 13.0. The number of aliphatic hydroxyl groups excluding tert-OH is 1. The first-order valence-electron chi connectivity index (χ1n) is 20.9. The first kappa shape index (κ1) is 38.0. The summed E-state index contributed by atoms with van der Waals surface area (Å²) in [4.78, 5) is 0. The molecule has 0 spiro atoms. The predicted molar refractivity (Wildman–Crippen MR) is 222 cm³/mol. The summed E-state index contributed by atoms with van der Waals surface area (Å²) in [6, 6.07) is 19.3. The van der Waals surface area contributed by atoms with Crippen LogP contribution in [0.4, 0.5) is 0 Å². The van der Waals surface area contributed by atoms with E-state index in [2.05, 4.69) is 88.8 Å². The van der Waals surface area contributed by atoms with Crippen LogP contribution in [0.1, 0.15) is 79.7 Å². The standard InChI is InChI=1S/C48H55N3O6/c1-31-6-5-8-40-24-39(52)16-11-32-12-17-44(53)45(20-32)57-27-36-22-38(48-18-19-55-28-37(48)15-14-33-7-3-4-9-43(33)48)21-35-25-51(26-41(35)36)47-42(29-56-40)34(13-10-31)23-46(50-47)49-30-54-2/h3-4,7,9,12,17,20-23,25-26,31,37,39-40,46,49-50,52-53H,5-6,8,11,14-16,18-19,24,27-30H2,1-2H3. The van der Waals surface area contributed by atoms with Gasteiger partial charge in [0, 0.05) is 59.4 Å². The Bertz CT molecular complexity index is 2250. The molecule has 4 aliphatic heterocycles. The van der Waals surface area contributed by atoms with Crippen molar-refractivity contribution < 1.29 is 29.2 Å². The number of nitrogens with one attached hydrogen (secondary N) is 2. The van der Waals surface area contributed by atoms with Gasteiger partial charge in [0.15, 0.2) is 11.5 Å². The molecule has 6 bridgehead atoms. The van der Waals surface area contributed by atoms with Crippen molar-refractivity contribution in [3.63, 3.8) is 0 Å². The van der Waals surface area contributed by atoms with E-state index in [1.165, 1.54) is 16.7 Å². The van der Waals surface area contributed by atoms with E-state index in [9.17, 15) is 10.2 Å². The molecule has 9 heteroatoms. The third kappa shape index (κ3) is 7.62. The molecular formula is C48H55N3O6. The van der Waals surface area contributed by atoms with Gasteiger partial charge in [0.2, 0.25) is 0 Å². The number of aromatic nitrogens is 1. The van der Waals surface area contributed by atoms with Crippen LogP contribution in [0.5, 0.6) is 11.5 Å². The Balaban J connectivity index is 1.24. The van der Waals surface area contributed by atoms with Crippen molar-refractivity contribution in [2.75, 3.05) is 33.7 Å². The number of phenolic OH excluding ortho intramolecular Hbond substituents is 1. The van der Waals surface area contributed by atoms with Crippen molar-refractivity contribution >= 4 is 16.6 Å². The second kappa shape index (κ2) is 16.4. The summed E-state index contributed by atoms with van der Waals surface area (Å²) >= 11 is 0. The summed E-state index contributed by atoms with van der Waals surface area (Å²) < 4.78 is 27.2. The molecule has 1 aliphatic carbocycles. The van der Waals surface area contributed by atoms with E-state index in [4.69, 9.17) is 18.9 Å². The van der Waals surface area contributed by atoms with Gasteiger partial charge in [0.25, 0.3) is 0 Å². The van der Waals surface area contributed by atoms with Crippen LogP contribution < -0.4 is 15.4 Å². The number of phenols is 1. The zero-order chi connectivity index (χ0) is 38.9. The molecule has 3 aromatic carbocycles. The molecule has 1 fully saturated rings. The molecule has 1 saturated heterocycles. The largest absolute Gasteiger partial charge is 0.504 e. The molecule has 0 radical (unpaired) electrons. The van der Waals surface area contributed by atoms with Gasteiger partial charge in [-0.3, -0.25) is 5.32 Å². The van der Waals surface area contributed by atoms with Crippen molar-refractivity contribution in [2.45, 2.75) is 95.1 Å². The van der Waals surface area contributed by atoms with Crippen LogP contribution >= 0.6 is 0 Å². The molecule has 9 rings (SSSR count). The van der Waals surface area contributed by atoms with Crippen molar-refractivity contribution in [2.24, 2.45) is 11.8 Å². The van der Waals surface area contributed by atoms with Crippen molar-refractivity contribution in [3.05, 3.63) is 112 Å². The highest BCUT2D eigenvalue weighted by Crippen LogP contribution is 2.52. The number of dihydropyridines is 1. The fourth-order valence-electron chi connectivity index (χ4n) is 9.95. The number of ether oxygens (including phenoxy) is 4. The zero-order valence-electron chi connectivity index (χ0n) is 33.2. The molecule has 9 nitrogen and oxygen atoms in total. The minimum atomic E-state index is -0.539. The second-order valence-electron chi connectivity index (χ2n) is 16.7. The first-order valence-corrected chi connectivity index (χ1v) is 20.9. The van der Waals surface area contributed by atoms with Crippen LogP contribution in [0, 0.1) is 23.7 Å². The van der Waals surface area contributed by atoms with E-state index in [1.54, 1.807) is 13.2 Å². The van der Waals surface area contributed by atoms with Crippen molar-refractivity contribution in [1.82, 2.24) is 15.2 Å². The molecule has 57 heavy (non-hydrogen) atoms. The monoisotopic (exact) mass is 769 g/mol. The lowest BCUT2D eigenvalue weighted by molar-refractivity contribution is 0.00498. The van der Waals surface area contributed by atoms with E-state index in [1.807, 2.05) is 12.1 Å². The highest BCUT2D eigenvalue weighted by atomic mass is 16.5. The number of aliphatic hydroxyl groups is 1. The average molecular weight is 770 g/mol. The quantitative estimate of drug-likeness (QED) is 0.127. The van der Waals surface area contributed by atoms with Gasteiger partial charge in [-0.25, -0.2) is 0 Å². The lowest BCUT2D eigenvalue weighted by Gasteiger charge is -2.49. The highest BCUT2D eigenvalue weighted by molar-refractivity contribution is 5.88. The Morgan fingerprint density at radius 1 is 1.02 bits per heavy atom. The van der Waals surface area contributed by atoms with Crippen LogP contribution in [-0.2, 0) is 39.1 Å². The van der Waals surface area contributed by atoms with E-state index >= 15 is 0 Å². The third-order valence-corrected chi connectivity index (χ3v) is 13.0.